The van der Waals surface area contributed by atoms with Gasteiger partial charge in [0.05, 0.1) is 5.70 Å². The van der Waals surface area contributed by atoms with Crippen molar-refractivity contribution < 1.29 is 22.6 Å². The van der Waals surface area contributed by atoms with Gasteiger partial charge in [0.2, 0.25) is 0 Å². The van der Waals surface area contributed by atoms with Gasteiger partial charge in [0.15, 0.2) is 6.10 Å². The van der Waals surface area contributed by atoms with Crippen molar-refractivity contribution in [1.29, 1.82) is 5.41 Å². The molecule has 4 nitrogen and oxygen atoms in total. The second-order valence-electron chi connectivity index (χ2n) is 4.94. The summed E-state index contributed by atoms with van der Waals surface area (Å²) < 4.78 is 46.0. The molecular formula is C16H15F3N2O2. The maximum Gasteiger partial charge on any atom is 0.573 e. The van der Waals surface area contributed by atoms with Crippen molar-refractivity contribution in [1.82, 2.24) is 0 Å². The number of nitrogens with one attached hydrogen (secondary N) is 1. The van der Waals surface area contributed by atoms with E-state index in [0.717, 1.165) is 5.57 Å². The predicted molar refractivity (Wildman–Crippen MR) is 81.3 cm³/mol. The van der Waals surface area contributed by atoms with Crippen molar-refractivity contribution in [3.05, 3.63) is 47.2 Å². The number of hydrogen-bond donors (Lipinski definition) is 1. The molecular weight excluding hydrogens is 309 g/mol. The number of ether oxygens (including phenoxy) is 2. The van der Waals surface area contributed by atoms with E-state index in [9.17, 15) is 13.2 Å². The number of allylic oxidation sites excluding steroid dienone is 2. The first-order chi connectivity index (χ1) is 10.8. The average Bonchev–Trinajstić information content (AvgIpc) is 2.47. The van der Waals surface area contributed by atoms with E-state index < -0.39 is 12.5 Å². The van der Waals surface area contributed by atoms with E-state index in [4.69, 9.17) is 10.1 Å². The van der Waals surface area contributed by atoms with Gasteiger partial charge in [-0.25, -0.2) is 0 Å². The summed E-state index contributed by atoms with van der Waals surface area (Å²) in [4.78, 5) is 4.26. The highest BCUT2D eigenvalue weighted by molar-refractivity contribution is 5.83. The first-order valence-electron chi connectivity index (χ1n) is 6.74. The molecule has 0 aromatic heterocycles. The highest BCUT2D eigenvalue weighted by atomic mass is 19.4. The first-order valence-corrected chi connectivity index (χ1v) is 6.74. The minimum atomic E-state index is -4.72. The van der Waals surface area contributed by atoms with Crippen molar-refractivity contribution in [3.8, 4) is 11.5 Å². The summed E-state index contributed by atoms with van der Waals surface area (Å²) in [6.07, 6.45) is -0.552. The predicted octanol–water partition coefficient (Wildman–Crippen LogP) is 4.29. The molecule has 1 aromatic rings. The van der Waals surface area contributed by atoms with Crippen LogP contribution in [0.5, 0.6) is 11.5 Å². The highest BCUT2D eigenvalue weighted by Crippen LogP contribution is 2.27. The Morgan fingerprint density at radius 1 is 1.22 bits per heavy atom. The number of hydrogen-bond acceptors (Lipinski definition) is 4. The van der Waals surface area contributed by atoms with Crippen LogP contribution in [0.2, 0.25) is 0 Å². The second kappa shape index (κ2) is 6.68. The lowest BCUT2D eigenvalue weighted by molar-refractivity contribution is -0.274. The molecule has 1 unspecified atom stereocenters. The van der Waals surface area contributed by atoms with Gasteiger partial charge in [-0.1, -0.05) is 0 Å². The molecule has 1 heterocycles. The lowest BCUT2D eigenvalue weighted by atomic mass is 10.1. The fraction of sp³-hybridized carbons (Fsp3) is 0.250. The zero-order valence-corrected chi connectivity index (χ0v) is 12.5. The van der Waals surface area contributed by atoms with Crippen molar-refractivity contribution >= 4 is 12.4 Å². The summed E-state index contributed by atoms with van der Waals surface area (Å²) in [6, 6.07) is 5.14. The number of nitrogens with zero attached hydrogens (tertiary/aromatic N) is 1. The molecule has 2 rings (SSSR count). The van der Waals surface area contributed by atoms with Gasteiger partial charge in [-0.3, -0.25) is 4.99 Å². The molecule has 0 amide bonds. The van der Waals surface area contributed by atoms with Gasteiger partial charge in [-0.15, -0.1) is 13.2 Å². The zero-order valence-electron chi connectivity index (χ0n) is 12.5. The number of halogens is 3. The SMILES string of the molecule is CC1=CC(Oc2ccc(OC(F)(F)F)cc2)/C(=C(\C)C=N)N=C1. The Bertz CT molecular complexity index is 674. The Labute approximate surface area is 131 Å². The van der Waals surface area contributed by atoms with E-state index in [1.54, 1.807) is 13.1 Å². The minimum Gasteiger partial charge on any atom is -0.480 e. The third-order valence-electron chi connectivity index (χ3n) is 3.03. The average molecular weight is 324 g/mol. The van der Waals surface area contributed by atoms with Crippen LogP contribution in [-0.4, -0.2) is 24.9 Å². The summed E-state index contributed by atoms with van der Waals surface area (Å²) in [5.41, 5.74) is 2.13. The van der Waals surface area contributed by atoms with Crippen LogP contribution in [0.15, 0.2) is 52.2 Å². The van der Waals surface area contributed by atoms with Gasteiger partial charge in [-0.05, 0) is 55.3 Å². The van der Waals surface area contributed by atoms with E-state index in [-0.39, 0.29) is 5.75 Å². The Balaban J connectivity index is 2.17. The molecule has 1 N–H and O–H groups in total. The van der Waals surface area contributed by atoms with Crippen LogP contribution in [0.3, 0.4) is 0 Å². The number of aliphatic imine (C=N–C) groups is 1. The Morgan fingerprint density at radius 2 is 1.83 bits per heavy atom. The molecule has 1 aliphatic heterocycles. The standard InChI is InChI=1S/C16H15F3N2O2/c1-10-7-14(15(21-9-10)11(2)8-20)22-12-3-5-13(6-4-12)23-16(17,18)19/h3-9,14,20H,1-2H3/b15-11-,20-8?. The molecule has 0 saturated heterocycles. The van der Waals surface area contributed by atoms with Gasteiger partial charge in [0, 0.05) is 12.4 Å². The Hall–Kier alpha value is -2.57. The third kappa shape index (κ3) is 4.70. The van der Waals surface area contributed by atoms with Gasteiger partial charge in [0.1, 0.15) is 11.5 Å². The normalized spacial score (nSPS) is 19.9. The molecule has 1 atom stereocenters. The molecule has 0 radical (unpaired) electrons. The van der Waals surface area contributed by atoms with Crippen LogP contribution >= 0.6 is 0 Å². The van der Waals surface area contributed by atoms with E-state index in [2.05, 4.69) is 9.73 Å². The molecule has 0 bridgehead atoms. The summed E-state index contributed by atoms with van der Waals surface area (Å²) in [6.45, 7) is 3.60. The fourth-order valence-electron chi connectivity index (χ4n) is 1.96. The quantitative estimate of drug-likeness (QED) is 0.840. The third-order valence-corrected chi connectivity index (χ3v) is 3.03. The van der Waals surface area contributed by atoms with Gasteiger partial charge in [-0.2, -0.15) is 0 Å². The first kappa shape index (κ1) is 16.8. The molecule has 0 spiro atoms. The number of alkyl halides is 3. The summed E-state index contributed by atoms with van der Waals surface area (Å²) in [5.74, 6) is 0.0608. The molecule has 0 aliphatic carbocycles. The smallest absolute Gasteiger partial charge is 0.480 e. The van der Waals surface area contributed by atoms with Crippen molar-refractivity contribution in [2.24, 2.45) is 4.99 Å². The van der Waals surface area contributed by atoms with Crippen molar-refractivity contribution in [2.75, 3.05) is 0 Å². The van der Waals surface area contributed by atoms with Crippen molar-refractivity contribution in [2.45, 2.75) is 26.3 Å². The van der Waals surface area contributed by atoms with Crippen LogP contribution in [-0.2, 0) is 0 Å². The van der Waals surface area contributed by atoms with Crippen LogP contribution in [0.1, 0.15) is 13.8 Å². The maximum atomic E-state index is 12.1. The van der Waals surface area contributed by atoms with Crippen LogP contribution in [0.25, 0.3) is 0 Å². The summed E-state index contributed by atoms with van der Waals surface area (Å²) in [5, 5.41) is 7.32. The summed E-state index contributed by atoms with van der Waals surface area (Å²) in [7, 11) is 0. The van der Waals surface area contributed by atoms with Gasteiger partial charge < -0.3 is 14.9 Å². The lowest BCUT2D eigenvalue weighted by Gasteiger charge is -2.21. The molecule has 0 saturated carbocycles. The summed E-state index contributed by atoms with van der Waals surface area (Å²) >= 11 is 0. The van der Waals surface area contributed by atoms with E-state index in [1.165, 1.54) is 30.5 Å². The Morgan fingerprint density at radius 3 is 2.39 bits per heavy atom. The molecule has 23 heavy (non-hydrogen) atoms. The molecule has 122 valence electrons. The highest BCUT2D eigenvalue weighted by Gasteiger charge is 2.31. The fourth-order valence-corrected chi connectivity index (χ4v) is 1.96. The van der Waals surface area contributed by atoms with E-state index in [1.807, 2.05) is 13.0 Å². The maximum absolute atomic E-state index is 12.1. The van der Waals surface area contributed by atoms with Crippen LogP contribution in [0.4, 0.5) is 13.2 Å². The van der Waals surface area contributed by atoms with Crippen LogP contribution in [0, 0.1) is 5.41 Å². The van der Waals surface area contributed by atoms with Crippen LogP contribution < -0.4 is 9.47 Å². The molecule has 1 aromatic carbocycles. The monoisotopic (exact) mass is 324 g/mol. The molecule has 0 fully saturated rings. The number of rotatable bonds is 4. The van der Waals surface area contributed by atoms with Crippen molar-refractivity contribution in [3.63, 3.8) is 0 Å². The molecule has 7 heteroatoms. The Kier molecular flexibility index (Phi) is 4.88. The zero-order chi connectivity index (χ0) is 17.0. The van der Waals surface area contributed by atoms with E-state index in [0.29, 0.717) is 17.0 Å². The second-order valence-corrected chi connectivity index (χ2v) is 4.94. The topological polar surface area (TPSA) is 54.7 Å². The number of benzene rings is 1. The largest absolute Gasteiger partial charge is 0.573 e. The molecule has 1 aliphatic rings. The van der Waals surface area contributed by atoms with Gasteiger partial charge in [0.25, 0.3) is 0 Å². The number of dihydropyridines is 1. The minimum absolute atomic E-state index is 0.315. The van der Waals surface area contributed by atoms with E-state index >= 15 is 0 Å². The lowest BCUT2D eigenvalue weighted by Crippen LogP contribution is -2.21. The van der Waals surface area contributed by atoms with Gasteiger partial charge >= 0.3 is 6.36 Å².